The molecule has 3 rings (SSSR count). The summed E-state index contributed by atoms with van der Waals surface area (Å²) in [5.41, 5.74) is 1.61. The molecule has 7 nitrogen and oxygen atoms in total. The number of esters is 2. The van der Waals surface area contributed by atoms with E-state index >= 15 is 0 Å². The van der Waals surface area contributed by atoms with Crippen molar-refractivity contribution in [1.29, 1.82) is 0 Å². The number of rotatable bonds is 11. The van der Waals surface area contributed by atoms with Crippen LogP contribution in [0.1, 0.15) is 90.8 Å². The number of amides is 1. The summed E-state index contributed by atoms with van der Waals surface area (Å²) in [6.45, 7) is 12.2. The molecule has 0 saturated carbocycles. The van der Waals surface area contributed by atoms with Crippen LogP contribution < -0.4 is 0 Å². The van der Waals surface area contributed by atoms with Crippen LogP contribution in [0.5, 0.6) is 0 Å². The Kier molecular flexibility index (Phi) is 11.4. The van der Waals surface area contributed by atoms with Gasteiger partial charge in [-0.1, -0.05) is 74.5 Å². The van der Waals surface area contributed by atoms with Crippen LogP contribution in [-0.2, 0) is 36.8 Å². The molecule has 0 heterocycles. The lowest BCUT2D eigenvalue weighted by Gasteiger charge is -2.32. The SMILES string of the molecule is CN(C(=O)OC(C)(C)C)[C@@H](CC(C)(C)F)C(=O)OC(Cc1ccc(C2=CCC(C)(C)CC2)cc1)C(=O)OCc1ccccc1. The van der Waals surface area contributed by atoms with Crippen molar-refractivity contribution in [2.45, 2.75) is 111 Å². The second-order valence-corrected chi connectivity index (χ2v) is 14.0. The lowest BCUT2D eigenvalue weighted by molar-refractivity contribution is -0.172. The van der Waals surface area contributed by atoms with Crippen molar-refractivity contribution in [2.24, 2.45) is 5.41 Å². The first-order valence-corrected chi connectivity index (χ1v) is 15.3. The molecule has 0 N–H and O–H groups in total. The first-order valence-electron chi connectivity index (χ1n) is 15.3. The summed E-state index contributed by atoms with van der Waals surface area (Å²) in [5.74, 6) is -1.65. The van der Waals surface area contributed by atoms with E-state index in [4.69, 9.17) is 14.2 Å². The Morgan fingerprint density at radius 3 is 2.11 bits per heavy atom. The van der Waals surface area contributed by atoms with Gasteiger partial charge in [-0.2, -0.15) is 0 Å². The molecule has 2 aromatic rings. The summed E-state index contributed by atoms with van der Waals surface area (Å²) in [4.78, 5) is 40.8. The van der Waals surface area contributed by atoms with Crippen LogP contribution in [0.3, 0.4) is 0 Å². The number of benzene rings is 2. The van der Waals surface area contributed by atoms with E-state index in [1.807, 2.05) is 54.6 Å². The van der Waals surface area contributed by atoms with E-state index in [1.54, 1.807) is 20.8 Å². The van der Waals surface area contributed by atoms with Gasteiger partial charge in [0.2, 0.25) is 6.10 Å². The average Bonchev–Trinajstić information content (AvgIpc) is 2.93. The smallest absolute Gasteiger partial charge is 0.410 e. The van der Waals surface area contributed by atoms with Crippen LogP contribution in [0.2, 0.25) is 0 Å². The van der Waals surface area contributed by atoms with Crippen LogP contribution in [-0.4, -0.2) is 53.4 Å². The van der Waals surface area contributed by atoms with Gasteiger partial charge < -0.3 is 14.2 Å². The Hall–Kier alpha value is -3.68. The van der Waals surface area contributed by atoms with Crippen LogP contribution >= 0.6 is 0 Å². The minimum Gasteiger partial charge on any atom is -0.458 e. The van der Waals surface area contributed by atoms with Crippen molar-refractivity contribution in [3.05, 3.63) is 77.4 Å². The van der Waals surface area contributed by atoms with Crippen molar-refractivity contribution >= 4 is 23.6 Å². The second-order valence-electron chi connectivity index (χ2n) is 14.0. The fourth-order valence-corrected chi connectivity index (χ4v) is 4.92. The molecule has 1 unspecified atom stereocenters. The Morgan fingerprint density at radius 2 is 1.57 bits per heavy atom. The molecule has 1 aliphatic rings. The van der Waals surface area contributed by atoms with E-state index in [9.17, 15) is 18.8 Å². The molecule has 1 amide bonds. The minimum absolute atomic E-state index is 0.00405. The fraction of sp³-hybridized carbons (Fsp3) is 0.528. The predicted molar refractivity (Wildman–Crippen MR) is 169 cm³/mol. The van der Waals surface area contributed by atoms with Gasteiger partial charge in [0.05, 0.1) is 0 Å². The summed E-state index contributed by atoms with van der Waals surface area (Å²) in [5, 5.41) is 0. The zero-order valence-electron chi connectivity index (χ0n) is 27.4. The number of likely N-dealkylation sites (N-methyl/N-ethyl adjacent to an activating group) is 1. The molecule has 240 valence electrons. The molecule has 2 atom stereocenters. The number of carbonyl (C=O) groups is 3. The lowest BCUT2D eigenvalue weighted by atomic mass is 9.77. The van der Waals surface area contributed by atoms with E-state index in [-0.39, 0.29) is 19.4 Å². The highest BCUT2D eigenvalue weighted by molar-refractivity contribution is 5.85. The van der Waals surface area contributed by atoms with Gasteiger partial charge in [0.25, 0.3) is 0 Å². The minimum atomic E-state index is -1.82. The van der Waals surface area contributed by atoms with Gasteiger partial charge in [0, 0.05) is 19.9 Å². The highest BCUT2D eigenvalue weighted by Crippen LogP contribution is 2.38. The third-order valence-electron chi connectivity index (χ3n) is 7.56. The topological polar surface area (TPSA) is 82.1 Å². The quantitative estimate of drug-likeness (QED) is 0.191. The number of alkyl halides is 1. The monoisotopic (exact) mass is 609 g/mol. The van der Waals surface area contributed by atoms with Crippen LogP contribution in [0.15, 0.2) is 60.7 Å². The van der Waals surface area contributed by atoms with Gasteiger partial charge in [-0.25, -0.2) is 18.8 Å². The zero-order valence-corrected chi connectivity index (χ0v) is 27.4. The fourth-order valence-electron chi connectivity index (χ4n) is 4.92. The maximum absolute atomic E-state index is 14.9. The normalized spacial score (nSPS) is 16.2. The molecule has 0 fully saturated rings. The van der Waals surface area contributed by atoms with Gasteiger partial charge in [-0.3, -0.25) is 4.90 Å². The number of allylic oxidation sites excluding steroid dienone is 2. The molecular formula is C36H48FNO6. The van der Waals surface area contributed by atoms with E-state index in [0.717, 1.165) is 40.9 Å². The Balaban J connectivity index is 1.83. The molecule has 8 heteroatoms. The summed E-state index contributed by atoms with van der Waals surface area (Å²) in [6.07, 6.45) is 2.99. The van der Waals surface area contributed by atoms with Crippen LogP contribution in [0, 0.1) is 5.41 Å². The maximum atomic E-state index is 14.9. The van der Waals surface area contributed by atoms with E-state index in [0.29, 0.717) is 5.41 Å². The summed E-state index contributed by atoms with van der Waals surface area (Å²) < 4.78 is 31.6. The largest absolute Gasteiger partial charge is 0.458 e. The van der Waals surface area contributed by atoms with E-state index in [1.165, 1.54) is 26.5 Å². The van der Waals surface area contributed by atoms with Crippen molar-refractivity contribution in [3.63, 3.8) is 0 Å². The highest BCUT2D eigenvalue weighted by Gasteiger charge is 2.38. The number of ether oxygens (including phenoxy) is 3. The van der Waals surface area contributed by atoms with Crippen molar-refractivity contribution < 1.29 is 33.0 Å². The summed E-state index contributed by atoms with van der Waals surface area (Å²) in [6, 6.07) is 15.7. The molecule has 0 aromatic heterocycles. The van der Waals surface area contributed by atoms with Crippen molar-refractivity contribution in [2.75, 3.05) is 7.05 Å². The Morgan fingerprint density at radius 1 is 0.932 bits per heavy atom. The van der Waals surface area contributed by atoms with Crippen LogP contribution in [0.25, 0.3) is 5.57 Å². The maximum Gasteiger partial charge on any atom is 0.410 e. The van der Waals surface area contributed by atoms with E-state index in [2.05, 4.69) is 19.9 Å². The van der Waals surface area contributed by atoms with Crippen molar-refractivity contribution in [1.82, 2.24) is 4.90 Å². The average molecular weight is 610 g/mol. The molecular weight excluding hydrogens is 561 g/mol. The van der Waals surface area contributed by atoms with Gasteiger partial charge in [0.15, 0.2) is 0 Å². The Bertz CT molecular complexity index is 1300. The molecule has 0 radical (unpaired) electrons. The standard InChI is InChI=1S/C36H48FNO6/c1-34(2,3)44-33(41)38(8)29(23-36(6,7)37)31(39)43-30(32(40)42-24-26-12-10-9-11-13-26)22-25-14-16-27(17-15-25)28-18-20-35(4,5)21-19-28/h9-18,29-30H,19-24H2,1-8H3/t29-,30?/m0/s1. The number of hydrogen-bond acceptors (Lipinski definition) is 6. The first kappa shape index (κ1) is 34.8. The van der Waals surface area contributed by atoms with Crippen molar-refractivity contribution in [3.8, 4) is 0 Å². The second kappa shape index (κ2) is 14.4. The van der Waals surface area contributed by atoms with E-state index < -0.39 is 41.4 Å². The summed E-state index contributed by atoms with van der Waals surface area (Å²) in [7, 11) is 1.36. The Labute approximate surface area is 261 Å². The van der Waals surface area contributed by atoms with Gasteiger partial charge in [0.1, 0.15) is 23.9 Å². The van der Waals surface area contributed by atoms with Gasteiger partial charge in [-0.05, 0) is 81.6 Å². The predicted octanol–water partition coefficient (Wildman–Crippen LogP) is 7.85. The third kappa shape index (κ3) is 11.1. The molecule has 44 heavy (non-hydrogen) atoms. The lowest BCUT2D eigenvalue weighted by Crippen LogP contribution is -2.49. The molecule has 0 spiro atoms. The number of hydrogen-bond donors (Lipinski definition) is 0. The molecule has 0 bridgehead atoms. The third-order valence-corrected chi connectivity index (χ3v) is 7.56. The molecule has 0 aliphatic heterocycles. The molecule has 2 aromatic carbocycles. The molecule has 1 aliphatic carbocycles. The summed E-state index contributed by atoms with van der Waals surface area (Å²) >= 11 is 0. The molecule has 0 saturated heterocycles. The first-order chi connectivity index (χ1) is 20.4. The van der Waals surface area contributed by atoms with Gasteiger partial charge >= 0.3 is 18.0 Å². The number of carbonyl (C=O) groups excluding carboxylic acids is 3. The zero-order chi connectivity index (χ0) is 32.7. The highest BCUT2D eigenvalue weighted by atomic mass is 19.1. The van der Waals surface area contributed by atoms with Gasteiger partial charge in [-0.15, -0.1) is 0 Å². The number of halogens is 1. The number of nitrogens with zero attached hydrogens (tertiary/aromatic N) is 1. The van der Waals surface area contributed by atoms with Crippen LogP contribution in [0.4, 0.5) is 9.18 Å².